The summed E-state index contributed by atoms with van der Waals surface area (Å²) < 4.78 is 8.91. The smallest absolute Gasteiger partial charge is 0.337 e. The molecule has 1 heterocycles. The molecule has 0 saturated carbocycles. The second kappa shape index (κ2) is 11.1. The normalized spacial score (nSPS) is 11.1. The van der Waals surface area contributed by atoms with Crippen molar-refractivity contribution in [2.75, 3.05) is 12.9 Å². The number of rotatable bonds is 8. The fourth-order valence-electron chi connectivity index (χ4n) is 2.71. The largest absolute Gasteiger partial charge is 0.506 e. The molecule has 0 aliphatic carbocycles. The molecule has 0 fully saturated rings. The number of carbonyl (C=O) groups excluding carboxylic acids is 1. The van der Waals surface area contributed by atoms with E-state index in [1.807, 2.05) is 41.8 Å². The molecule has 0 aliphatic rings. The van der Waals surface area contributed by atoms with Crippen molar-refractivity contribution in [3.05, 3.63) is 49.1 Å². The van der Waals surface area contributed by atoms with Crippen molar-refractivity contribution >= 4 is 69.1 Å². The molecule has 3 aromatic rings. The van der Waals surface area contributed by atoms with Crippen LogP contribution in [-0.2, 0) is 11.3 Å². The molecule has 3 rings (SSSR count). The molecule has 0 spiro atoms. The van der Waals surface area contributed by atoms with Gasteiger partial charge in [-0.2, -0.15) is 5.10 Å². The van der Waals surface area contributed by atoms with Crippen molar-refractivity contribution in [1.29, 1.82) is 0 Å². The molecule has 8 nitrogen and oxygen atoms in total. The average Bonchev–Trinajstić information content (AvgIpc) is 3.18. The van der Waals surface area contributed by atoms with E-state index in [0.29, 0.717) is 17.3 Å². The maximum Gasteiger partial charge on any atom is 0.337 e. The first-order chi connectivity index (χ1) is 14.9. The van der Waals surface area contributed by atoms with Gasteiger partial charge in [0.2, 0.25) is 0 Å². The summed E-state index contributed by atoms with van der Waals surface area (Å²) in [7, 11) is 1.63. The molecule has 0 atom stereocenters. The molecule has 0 bridgehead atoms. The van der Waals surface area contributed by atoms with Gasteiger partial charge in [-0.05, 0) is 100 Å². The number of phenols is 1. The zero-order chi connectivity index (χ0) is 22.4. The first-order valence-corrected chi connectivity index (χ1v) is 12.3. The molecule has 1 amide bonds. The Morgan fingerprint density at radius 3 is 2.77 bits per heavy atom. The SMILES string of the molecule is CC[n+]1c(SCC(=O)NN=Cc2cc(I)cc(I)c2O)n[nH]c1-c1ccc(OC)cc1. The second-order valence-electron chi connectivity index (χ2n) is 6.23. The van der Waals surface area contributed by atoms with Gasteiger partial charge in [0, 0.05) is 9.13 Å². The zero-order valence-electron chi connectivity index (χ0n) is 16.7. The summed E-state index contributed by atoms with van der Waals surface area (Å²) in [5.74, 6) is 1.67. The lowest BCUT2D eigenvalue weighted by Crippen LogP contribution is -2.36. The lowest BCUT2D eigenvalue weighted by atomic mass is 10.2. The van der Waals surface area contributed by atoms with Crippen molar-refractivity contribution in [3.63, 3.8) is 0 Å². The van der Waals surface area contributed by atoms with E-state index in [1.54, 1.807) is 13.2 Å². The maximum absolute atomic E-state index is 12.2. The van der Waals surface area contributed by atoms with Gasteiger partial charge in [0.15, 0.2) is 0 Å². The number of thioether (sulfide) groups is 1. The quantitative estimate of drug-likeness (QED) is 0.113. The van der Waals surface area contributed by atoms with Crippen LogP contribution < -0.4 is 14.7 Å². The van der Waals surface area contributed by atoms with Crippen LogP contribution in [0, 0.1) is 7.14 Å². The standard InChI is InChI=1S/C20H19I2N5O3S/c1-3-27-19(12-4-6-15(30-2)7-5-12)25-26-20(27)31-11-17(28)24-23-10-13-8-14(21)9-16(22)18(13)29/h4-10H,3,11H2,1-2H3,(H2,23,24,28,29)/p+1. The highest BCUT2D eigenvalue weighted by atomic mass is 127. The number of hydrogen-bond donors (Lipinski definition) is 3. The van der Waals surface area contributed by atoms with E-state index in [1.165, 1.54) is 18.0 Å². The predicted octanol–water partition coefficient (Wildman–Crippen LogP) is 3.55. The first-order valence-electron chi connectivity index (χ1n) is 9.18. The van der Waals surface area contributed by atoms with Gasteiger partial charge in [-0.15, -0.1) is 5.10 Å². The summed E-state index contributed by atoms with van der Waals surface area (Å²) in [5, 5.41) is 22.1. The van der Waals surface area contributed by atoms with Crippen molar-refractivity contribution in [2.45, 2.75) is 18.6 Å². The third-order valence-corrected chi connectivity index (χ3v) is 6.64. The molecular formula is C20H20I2N5O3S+. The number of aromatic hydroxyl groups is 1. The Kier molecular flexibility index (Phi) is 8.54. The molecule has 0 aliphatic heterocycles. The number of nitrogens with zero attached hydrogens (tertiary/aromatic N) is 3. The van der Waals surface area contributed by atoms with E-state index in [2.05, 4.69) is 65.9 Å². The number of phenolic OH excluding ortho intramolecular Hbond substituents is 1. The summed E-state index contributed by atoms with van der Waals surface area (Å²) in [6.45, 7) is 2.72. The van der Waals surface area contributed by atoms with Gasteiger partial charge in [0.1, 0.15) is 11.5 Å². The van der Waals surface area contributed by atoms with Gasteiger partial charge in [-0.25, -0.2) is 9.99 Å². The first kappa shape index (κ1) is 23.8. The number of hydrazone groups is 1. The number of carbonyl (C=O) groups is 1. The molecule has 0 unspecified atom stereocenters. The third-order valence-electron chi connectivity index (χ3n) is 4.22. The van der Waals surface area contributed by atoms with E-state index in [9.17, 15) is 9.90 Å². The predicted molar refractivity (Wildman–Crippen MR) is 136 cm³/mol. The summed E-state index contributed by atoms with van der Waals surface area (Å²) in [6, 6.07) is 11.3. The topological polar surface area (TPSA) is 103 Å². The number of ether oxygens (including phenoxy) is 1. The summed E-state index contributed by atoms with van der Waals surface area (Å²) in [4.78, 5) is 12.2. The molecular weight excluding hydrogens is 644 g/mol. The van der Waals surface area contributed by atoms with E-state index in [-0.39, 0.29) is 17.4 Å². The molecule has 3 N–H and O–H groups in total. The van der Waals surface area contributed by atoms with Crippen LogP contribution in [-0.4, -0.2) is 40.3 Å². The minimum absolute atomic E-state index is 0.139. The van der Waals surface area contributed by atoms with Crippen LogP contribution in [0.25, 0.3) is 11.4 Å². The Hall–Kier alpha value is -1.87. The van der Waals surface area contributed by atoms with Gasteiger partial charge < -0.3 is 9.84 Å². The highest BCUT2D eigenvalue weighted by Gasteiger charge is 2.21. The second-order valence-corrected chi connectivity index (χ2v) is 9.59. The molecule has 0 radical (unpaired) electrons. The number of benzene rings is 2. The number of hydrogen-bond acceptors (Lipinski definition) is 6. The van der Waals surface area contributed by atoms with Gasteiger partial charge in [0.25, 0.3) is 11.7 Å². The fraction of sp³-hybridized carbons (Fsp3) is 0.200. The third kappa shape index (κ3) is 6.10. The number of aromatic nitrogens is 3. The van der Waals surface area contributed by atoms with Crippen LogP contribution in [0.15, 0.2) is 46.7 Å². The van der Waals surface area contributed by atoms with Crippen LogP contribution in [0.3, 0.4) is 0 Å². The van der Waals surface area contributed by atoms with E-state index >= 15 is 0 Å². The number of amides is 1. The van der Waals surface area contributed by atoms with Crippen molar-refractivity contribution < 1.29 is 19.2 Å². The number of aromatic amines is 1. The van der Waals surface area contributed by atoms with Crippen LogP contribution >= 0.6 is 56.9 Å². The molecule has 162 valence electrons. The monoisotopic (exact) mass is 664 g/mol. The number of nitrogens with one attached hydrogen (secondary N) is 2. The fourth-order valence-corrected chi connectivity index (χ4v) is 5.41. The lowest BCUT2D eigenvalue weighted by Gasteiger charge is -2.03. The Morgan fingerprint density at radius 2 is 2.10 bits per heavy atom. The van der Waals surface area contributed by atoms with Crippen LogP contribution in [0.1, 0.15) is 12.5 Å². The summed E-state index contributed by atoms with van der Waals surface area (Å²) >= 11 is 5.53. The van der Waals surface area contributed by atoms with Crippen LogP contribution in [0.5, 0.6) is 11.5 Å². The van der Waals surface area contributed by atoms with Crippen molar-refractivity contribution in [2.24, 2.45) is 5.10 Å². The summed E-state index contributed by atoms with van der Waals surface area (Å²) in [5.41, 5.74) is 4.01. The van der Waals surface area contributed by atoms with E-state index in [0.717, 1.165) is 24.3 Å². The van der Waals surface area contributed by atoms with Crippen LogP contribution in [0.2, 0.25) is 0 Å². The molecule has 2 aromatic carbocycles. The van der Waals surface area contributed by atoms with Crippen molar-refractivity contribution in [1.82, 2.24) is 15.6 Å². The Bertz CT molecular complexity index is 1100. The molecule has 11 heteroatoms. The van der Waals surface area contributed by atoms with Gasteiger partial charge in [-0.1, -0.05) is 0 Å². The number of H-pyrrole nitrogens is 1. The maximum atomic E-state index is 12.2. The Labute approximate surface area is 211 Å². The lowest BCUT2D eigenvalue weighted by molar-refractivity contribution is -0.719. The molecule has 1 aromatic heterocycles. The van der Waals surface area contributed by atoms with Gasteiger partial charge >= 0.3 is 5.16 Å². The minimum Gasteiger partial charge on any atom is -0.506 e. The molecule has 31 heavy (non-hydrogen) atoms. The summed E-state index contributed by atoms with van der Waals surface area (Å²) in [6.07, 6.45) is 1.44. The van der Waals surface area contributed by atoms with Crippen LogP contribution in [0.4, 0.5) is 0 Å². The van der Waals surface area contributed by atoms with E-state index in [4.69, 9.17) is 4.74 Å². The zero-order valence-corrected chi connectivity index (χ0v) is 21.9. The van der Waals surface area contributed by atoms with E-state index < -0.39 is 0 Å². The average molecular weight is 664 g/mol. The Morgan fingerprint density at radius 1 is 1.35 bits per heavy atom. The number of halogens is 2. The Balaban J connectivity index is 1.62. The number of methoxy groups -OCH3 is 1. The molecule has 0 saturated heterocycles. The highest BCUT2D eigenvalue weighted by Crippen LogP contribution is 2.25. The van der Waals surface area contributed by atoms with Crippen molar-refractivity contribution in [3.8, 4) is 22.9 Å². The highest BCUT2D eigenvalue weighted by molar-refractivity contribution is 14.1. The van der Waals surface area contributed by atoms with Gasteiger partial charge in [-0.3, -0.25) is 4.79 Å². The van der Waals surface area contributed by atoms with Gasteiger partial charge in [0.05, 0.1) is 39.9 Å². The minimum atomic E-state index is -0.266.